The van der Waals surface area contributed by atoms with E-state index in [4.69, 9.17) is 10.7 Å². The number of alkyl halides is 2. The summed E-state index contributed by atoms with van der Waals surface area (Å²) in [5.41, 5.74) is 1.96. The molecule has 1 aromatic rings. The summed E-state index contributed by atoms with van der Waals surface area (Å²) >= 11 is 0. The Balaban J connectivity index is 2.19. The molecule has 0 aromatic carbocycles. The molecular formula is C17H24ClF2N3S. The predicted molar refractivity (Wildman–Crippen MR) is 99.7 cm³/mol. The van der Waals surface area contributed by atoms with Gasteiger partial charge in [0.2, 0.25) is 0 Å². The summed E-state index contributed by atoms with van der Waals surface area (Å²) in [6.07, 6.45) is 4.80. The standard InChI is InChI=1S/C17H24ClF2N3S/c1-11-9-10-14(12(2)21-16(24-18)17(3,19)20)22-15(11)23(4)13-7-5-6-8-13/h9-10,13,16,21H,2,5-8H2,1,3-4H3. The monoisotopic (exact) mass is 375 g/mol. The van der Waals surface area contributed by atoms with Crippen molar-refractivity contribution in [1.82, 2.24) is 10.3 Å². The van der Waals surface area contributed by atoms with Gasteiger partial charge in [-0.05, 0) is 53.1 Å². The molecule has 7 heteroatoms. The first kappa shape index (κ1) is 19.3. The van der Waals surface area contributed by atoms with Crippen molar-refractivity contribution in [2.24, 2.45) is 0 Å². The minimum absolute atomic E-state index is 0.343. The summed E-state index contributed by atoms with van der Waals surface area (Å²) in [5, 5.41) is 1.43. The first-order valence-electron chi connectivity index (χ1n) is 8.05. The summed E-state index contributed by atoms with van der Waals surface area (Å²) in [6.45, 7) is 6.69. The van der Waals surface area contributed by atoms with Crippen LogP contribution in [0.5, 0.6) is 0 Å². The Morgan fingerprint density at radius 2 is 2.08 bits per heavy atom. The van der Waals surface area contributed by atoms with Crippen molar-refractivity contribution < 1.29 is 8.78 Å². The first-order valence-corrected chi connectivity index (χ1v) is 9.76. The van der Waals surface area contributed by atoms with Gasteiger partial charge in [-0.1, -0.05) is 25.5 Å². The number of halogens is 3. The number of nitrogens with zero attached hydrogens (tertiary/aromatic N) is 2. The van der Waals surface area contributed by atoms with E-state index in [1.807, 2.05) is 20.0 Å². The van der Waals surface area contributed by atoms with Gasteiger partial charge in [-0.15, -0.1) is 0 Å². The average Bonchev–Trinajstić information content (AvgIpc) is 3.05. The third-order valence-electron chi connectivity index (χ3n) is 4.44. The van der Waals surface area contributed by atoms with E-state index in [1.54, 1.807) is 6.07 Å². The molecule has 0 saturated heterocycles. The van der Waals surface area contributed by atoms with E-state index in [9.17, 15) is 8.78 Å². The van der Waals surface area contributed by atoms with Crippen molar-refractivity contribution in [2.45, 2.75) is 56.9 Å². The molecule has 1 unspecified atom stereocenters. The second-order valence-corrected chi connectivity index (χ2v) is 7.62. The van der Waals surface area contributed by atoms with Crippen LogP contribution in [0, 0.1) is 6.92 Å². The lowest BCUT2D eigenvalue weighted by Gasteiger charge is -2.28. The van der Waals surface area contributed by atoms with Gasteiger partial charge in [0.15, 0.2) is 5.37 Å². The largest absolute Gasteiger partial charge is 0.366 e. The highest BCUT2D eigenvalue weighted by Crippen LogP contribution is 2.32. The highest BCUT2D eigenvalue weighted by molar-refractivity contribution is 8.21. The molecule has 1 fully saturated rings. The van der Waals surface area contributed by atoms with E-state index < -0.39 is 11.3 Å². The van der Waals surface area contributed by atoms with Gasteiger partial charge in [0.1, 0.15) is 5.82 Å². The Labute approximate surface area is 151 Å². The zero-order valence-electron chi connectivity index (χ0n) is 14.3. The maximum absolute atomic E-state index is 13.5. The van der Waals surface area contributed by atoms with Gasteiger partial charge in [-0.3, -0.25) is 0 Å². The third kappa shape index (κ3) is 4.54. The molecule has 1 atom stereocenters. The van der Waals surface area contributed by atoms with Crippen LogP contribution in [-0.4, -0.2) is 29.4 Å². The Bertz CT molecular complexity index is 586. The van der Waals surface area contributed by atoms with Gasteiger partial charge in [0, 0.05) is 20.0 Å². The number of anilines is 1. The minimum atomic E-state index is -2.97. The zero-order valence-corrected chi connectivity index (χ0v) is 15.9. The molecule has 134 valence electrons. The molecule has 1 heterocycles. The first-order chi connectivity index (χ1) is 11.2. The molecule has 0 amide bonds. The number of nitrogens with one attached hydrogen (secondary N) is 1. The molecule has 2 rings (SSSR count). The molecule has 24 heavy (non-hydrogen) atoms. The molecule has 1 N–H and O–H groups in total. The van der Waals surface area contributed by atoms with Gasteiger partial charge in [-0.25, -0.2) is 13.8 Å². The van der Waals surface area contributed by atoms with Crippen LogP contribution in [0.1, 0.15) is 43.9 Å². The van der Waals surface area contributed by atoms with Crippen LogP contribution in [0.3, 0.4) is 0 Å². The molecule has 1 aliphatic carbocycles. The number of hydrogen-bond donors (Lipinski definition) is 1. The fourth-order valence-corrected chi connectivity index (χ4v) is 3.91. The van der Waals surface area contributed by atoms with Crippen LogP contribution in [0.25, 0.3) is 5.70 Å². The number of aryl methyl sites for hydroxylation is 1. The lowest BCUT2D eigenvalue weighted by atomic mass is 10.1. The van der Waals surface area contributed by atoms with Gasteiger partial charge in [0.25, 0.3) is 5.92 Å². The average molecular weight is 376 g/mol. The predicted octanol–water partition coefficient (Wildman–Crippen LogP) is 5.20. The number of rotatable bonds is 7. The van der Waals surface area contributed by atoms with Crippen LogP contribution in [-0.2, 0) is 0 Å². The number of hydrogen-bond acceptors (Lipinski definition) is 4. The highest BCUT2D eigenvalue weighted by atomic mass is 35.7. The lowest BCUT2D eigenvalue weighted by molar-refractivity contribution is 0.0156. The molecular weight excluding hydrogens is 352 g/mol. The van der Waals surface area contributed by atoms with Crippen molar-refractivity contribution >= 4 is 33.2 Å². The molecule has 0 spiro atoms. The van der Waals surface area contributed by atoms with Crippen molar-refractivity contribution in [1.29, 1.82) is 0 Å². The Kier molecular flexibility index (Phi) is 6.37. The normalized spacial score (nSPS) is 16.9. The zero-order chi connectivity index (χ0) is 17.9. The minimum Gasteiger partial charge on any atom is -0.366 e. The highest BCUT2D eigenvalue weighted by Gasteiger charge is 2.35. The molecule has 3 nitrogen and oxygen atoms in total. The summed E-state index contributed by atoms with van der Waals surface area (Å²) in [7, 11) is 8.17. The SMILES string of the molecule is C=C(NC(SCl)C(C)(F)F)c1ccc(C)c(N(C)C2CCCC2)n1. The maximum atomic E-state index is 13.5. The summed E-state index contributed by atoms with van der Waals surface area (Å²) in [5.74, 6) is -2.09. The quantitative estimate of drug-likeness (QED) is 0.663. The Hall–Kier alpha value is -1.01. The summed E-state index contributed by atoms with van der Waals surface area (Å²) < 4.78 is 27.0. The smallest absolute Gasteiger partial charge is 0.275 e. The van der Waals surface area contributed by atoms with E-state index >= 15 is 0 Å². The van der Waals surface area contributed by atoms with Crippen LogP contribution >= 0.6 is 21.7 Å². The summed E-state index contributed by atoms with van der Waals surface area (Å²) in [6, 6.07) is 4.22. The molecule has 0 bridgehead atoms. The summed E-state index contributed by atoms with van der Waals surface area (Å²) in [4.78, 5) is 6.85. The van der Waals surface area contributed by atoms with E-state index in [0.717, 1.165) is 31.1 Å². The Morgan fingerprint density at radius 3 is 2.62 bits per heavy atom. The van der Waals surface area contributed by atoms with Crippen LogP contribution < -0.4 is 10.2 Å². The van der Waals surface area contributed by atoms with Crippen LogP contribution in [0.15, 0.2) is 18.7 Å². The van der Waals surface area contributed by atoms with E-state index in [0.29, 0.717) is 28.4 Å². The van der Waals surface area contributed by atoms with Gasteiger partial charge < -0.3 is 10.2 Å². The van der Waals surface area contributed by atoms with E-state index in [-0.39, 0.29) is 0 Å². The maximum Gasteiger partial charge on any atom is 0.275 e. The van der Waals surface area contributed by atoms with Crippen molar-refractivity contribution in [3.63, 3.8) is 0 Å². The molecule has 0 radical (unpaired) electrons. The second-order valence-electron chi connectivity index (χ2n) is 6.43. The van der Waals surface area contributed by atoms with Crippen LogP contribution in [0.4, 0.5) is 14.6 Å². The van der Waals surface area contributed by atoms with Crippen molar-refractivity contribution in [2.75, 3.05) is 11.9 Å². The Morgan fingerprint density at radius 1 is 1.46 bits per heavy atom. The molecule has 1 aliphatic rings. The fourth-order valence-electron chi connectivity index (χ4n) is 2.97. The van der Waals surface area contributed by atoms with Crippen LogP contribution in [0.2, 0.25) is 0 Å². The second kappa shape index (κ2) is 7.91. The van der Waals surface area contributed by atoms with Crippen molar-refractivity contribution in [3.8, 4) is 0 Å². The third-order valence-corrected chi connectivity index (χ3v) is 5.69. The fraction of sp³-hybridized carbons (Fsp3) is 0.588. The lowest BCUT2D eigenvalue weighted by Crippen LogP contribution is -2.38. The van der Waals surface area contributed by atoms with Gasteiger partial charge in [0.05, 0.1) is 11.4 Å². The molecule has 1 aromatic heterocycles. The number of aromatic nitrogens is 1. The molecule has 1 saturated carbocycles. The topological polar surface area (TPSA) is 28.2 Å². The number of pyridine rings is 1. The van der Waals surface area contributed by atoms with Gasteiger partial charge in [-0.2, -0.15) is 0 Å². The van der Waals surface area contributed by atoms with Crippen molar-refractivity contribution in [3.05, 3.63) is 30.0 Å². The van der Waals surface area contributed by atoms with E-state index in [2.05, 4.69) is 21.8 Å². The van der Waals surface area contributed by atoms with E-state index in [1.165, 1.54) is 12.8 Å². The molecule has 0 aliphatic heterocycles. The van der Waals surface area contributed by atoms with Gasteiger partial charge >= 0.3 is 0 Å².